The highest BCUT2D eigenvalue weighted by Crippen LogP contribution is 2.27. The number of rotatable bonds is 3. The van der Waals surface area contributed by atoms with E-state index >= 15 is 0 Å². The molecule has 1 aliphatic carbocycles. The molecule has 0 unspecified atom stereocenters. The molecule has 1 fully saturated rings. The maximum Gasteiger partial charge on any atom is 0.298 e. The molecular formula is C17H17BrFN5O. The lowest BCUT2D eigenvalue weighted by atomic mass is 9.96. The summed E-state index contributed by atoms with van der Waals surface area (Å²) in [7, 11) is 0. The third-order valence-corrected chi connectivity index (χ3v) is 5.50. The molecule has 2 heterocycles. The molecule has 3 aromatic rings. The van der Waals surface area contributed by atoms with Gasteiger partial charge in [-0.2, -0.15) is 5.10 Å². The van der Waals surface area contributed by atoms with Crippen molar-refractivity contribution in [1.29, 1.82) is 0 Å². The van der Waals surface area contributed by atoms with Gasteiger partial charge in [-0.25, -0.2) is 9.07 Å². The van der Waals surface area contributed by atoms with Gasteiger partial charge >= 0.3 is 0 Å². The number of benzene rings is 1. The Morgan fingerprint density at radius 3 is 2.68 bits per heavy atom. The summed E-state index contributed by atoms with van der Waals surface area (Å²) in [4.78, 5) is 12.8. The molecule has 0 amide bonds. The maximum atomic E-state index is 13.9. The van der Waals surface area contributed by atoms with E-state index in [2.05, 4.69) is 31.3 Å². The Balaban J connectivity index is 1.75. The summed E-state index contributed by atoms with van der Waals surface area (Å²) in [5, 5.41) is 12.7. The fourth-order valence-electron chi connectivity index (χ4n) is 3.36. The van der Waals surface area contributed by atoms with Crippen LogP contribution in [0, 0.1) is 5.82 Å². The van der Waals surface area contributed by atoms with E-state index in [0.29, 0.717) is 15.7 Å². The Morgan fingerprint density at radius 2 is 1.92 bits per heavy atom. The Labute approximate surface area is 151 Å². The molecule has 0 bridgehead atoms. The third-order valence-electron chi connectivity index (χ3n) is 4.72. The van der Waals surface area contributed by atoms with Gasteiger partial charge in [0.05, 0.1) is 12.6 Å². The zero-order chi connectivity index (χ0) is 17.4. The zero-order valence-corrected chi connectivity index (χ0v) is 15.1. The van der Waals surface area contributed by atoms with Gasteiger partial charge in [-0.15, -0.1) is 5.10 Å². The molecule has 0 spiro atoms. The van der Waals surface area contributed by atoms with Crippen LogP contribution in [0.2, 0.25) is 0 Å². The quantitative estimate of drug-likeness (QED) is 0.669. The lowest BCUT2D eigenvalue weighted by Crippen LogP contribution is -2.29. The standard InChI is InChI=1S/C17H17BrFN5O/c18-16-14-15(21-23(16)10-11-6-4-5-9-13(11)19)17(25)24(22-20-14)12-7-2-1-3-8-12/h4-6,9,12H,1-3,7-8,10H2. The smallest absolute Gasteiger partial charge is 0.265 e. The molecule has 0 atom stereocenters. The van der Waals surface area contributed by atoms with Crippen LogP contribution in [-0.2, 0) is 6.54 Å². The second-order valence-corrected chi connectivity index (χ2v) is 7.12. The summed E-state index contributed by atoms with van der Waals surface area (Å²) in [5.74, 6) is -0.306. The minimum Gasteiger partial charge on any atom is -0.265 e. The van der Waals surface area contributed by atoms with E-state index in [1.165, 1.54) is 17.2 Å². The summed E-state index contributed by atoms with van der Waals surface area (Å²) in [6.07, 6.45) is 5.28. The normalized spacial score (nSPS) is 15.8. The Bertz CT molecular complexity index is 977. The summed E-state index contributed by atoms with van der Waals surface area (Å²) in [6.45, 7) is 0.215. The zero-order valence-electron chi connectivity index (χ0n) is 13.5. The van der Waals surface area contributed by atoms with E-state index in [4.69, 9.17) is 0 Å². The highest BCUT2D eigenvalue weighted by Gasteiger charge is 2.22. The van der Waals surface area contributed by atoms with Crippen LogP contribution in [-0.4, -0.2) is 24.8 Å². The molecule has 8 heteroatoms. The Morgan fingerprint density at radius 1 is 1.16 bits per heavy atom. The van der Waals surface area contributed by atoms with Crippen molar-refractivity contribution in [2.45, 2.75) is 44.7 Å². The van der Waals surface area contributed by atoms with E-state index < -0.39 is 0 Å². The highest BCUT2D eigenvalue weighted by molar-refractivity contribution is 9.10. The summed E-state index contributed by atoms with van der Waals surface area (Å²) < 4.78 is 17.4. The first-order valence-corrected chi connectivity index (χ1v) is 9.19. The molecule has 0 aliphatic heterocycles. The fourth-order valence-corrected chi connectivity index (χ4v) is 3.84. The lowest BCUT2D eigenvalue weighted by molar-refractivity contribution is 0.311. The lowest BCUT2D eigenvalue weighted by Gasteiger charge is -2.21. The molecule has 2 aromatic heterocycles. The predicted molar refractivity (Wildman–Crippen MR) is 94.9 cm³/mol. The van der Waals surface area contributed by atoms with Crippen LogP contribution in [0.3, 0.4) is 0 Å². The van der Waals surface area contributed by atoms with E-state index in [9.17, 15) is 9.18 Å². The first-order chi connectivity index (χ1) is 12.1. The molecule has 1 aromatic carbocycles. The molecule has 6 nitrogen and oxygen atoms in total. The van der Waals surface area contributed by atoms with Gasteiger partial charge < -0.3 is 0 Å². The summed E-state index contributed by atoms with van der Waals surface area (Å²) >= 11 is 3.42. The van der Waals surface area contributed by atoms with E-state index in [-0.39, 0.29) is 29.5 Å². The van der Waals surface area contributed by atoms with Crippen LogP contribution < -0.4 is 5.56 Å². The van der Waals surface area contributed by atoms with Crippen LogP contribution in [0.25, 0.3) is 11.0 Å². The minimum atomic E-state index is -0.306. The fraction of sp³-hybridized carbons (Fsp3) is 0.412. The third kappa shape index (κ3) is 2.99. The average molecular weight is 406 g/mol. The van der Waals surface area contributed by atoms with Crippen molar-refractivity contribution in [1.82, 2.24) is 24.8 Å². The number of aromatic nitrogens is 5. The van der Waals surface area contributed by atoms with Crippen molar-refractivity contribution < 1.29 is 4.39 Å². The number of hydrogen-bond donors (Lipinski definition) is 0. The molecule has 0 saturated heterocycles. The summed E-state index contributed by atoms with van der Waals surface area (Å²) in [6, 6.07) is 6.60. The average Bonchev–Trinajstić information content (AvgIpc) is 2.95. The van der Waals surface area contributed by atoms with Gasteiger partial charge in [0.25, 0.3) is 5.56 Å². The Kier molecular flexibility index (Phi) is 4.37. The number of hydrogen-bond acceptors (Lipinski definition) is 4. The minimum absolute atomic E-state index is 0.0913. The molecule has 4 rings (SSSR count). The van der Waals surface area contributed by atoms with E-state index in [1.54, 1.807) is 22.9 Å². The van der Waals surface area contributed by atoms with Crippen molar-refractivity contribution >= 4 is 27.0 Å². The van der Waals surface area contributed by atoms with Crippen molar-refractivity contribution in [3.8, 4) is 0 Å². The van der Waals surface area contributed by atoms with Gasteiger partial charge in [-0.3, -0.25) is 9.48 Å². The van der Waals surface area contributed by atoms with Gasteiger partial charge in [0.2, 0.25) is 0 Å². The topological polar surface area (TPSA) is 65.6 Å². The molecule has 1 saturated carbocycles. The number of nitrogens with zero attached hydrogens (tertiary/aromatic N) is 5. The molecule has 0 radical (unpaired) electrons. The van der Waals surface area contributed by atoms with Crippen LogP contribution in [0.5, 0.6) is 0 Å². The highest BCUT2D eigenvalue weighted by atomic mass is 79.9. The maximum absolute atomic E-state index is 13.9. The first-order valence-electron chi connectivity index (χ1n) is 8.40. The summed E-state index contributed by atoms with van der Waals surface area (Å²) in [5.41, 5.74) is 0.943. The van der Waals surface area contributed by atoms with Gasteiger partial charge in [-0.1, -0.05) is 42.7 Å². The second kappa shape index (κ2) is 6.67. The largest absolute Gasteiger partial charge is 0.298 e. The number of halogens is 2. The van der Waals surface area contributed by atoms with Crippen molar-refractivity contribution in [2.75, 3.05) is 0 Å². The first kappa shape index (κ1) is 16.4. The molecule has 0 N–H and O–H groups in total. The van der Waals surface area contributed by atoms with E-state index in [1.807, 2.05) is 0 Å². The predicted octanol–water partition coefficient (Wildman–Crippen LogP) is 3.44. The van der Waals surface area contributed by atoms with Gasteiger partial charge in [-0.05, 0) is 34.8 Å². The molecule has 130 valence electrons. The van der Waals surface area contributed by atoms with Crippen molar-refractivity contribution in [2.24, 2.45) is 0 Å². The van der Waals surface area contributed by atoms with Crippen LogP contribution in [0.4, 0.5) is 4.39 Å². The number of fused-ring (bicyclic) bond motifs is 1. The SMILES string of the molecule is O=c1c2nn(Cc3ccccc3F)c(Br)c2nnn1C1CCCCC1. The van der Waals surface area contributed by atoms with Crippen molar-refractivity contribution in [3.05, 3.63) is 50.6 Å². The molecule has 25 heavy (non-hydrogen) atoms. The van der Waals surface area contributed by atoms with E-state index in [0.717, 1.165) is 25.7 Å². The van der Waals surface area contributed by atoms with Crippen molar-refractivity contribution in [3.63, 3.8) is 0 Å². The van der Waals surface area contributed by atoms with Crippen LogP contribution in [0.1, 0.15) is 43.7 Å². The molecular weight excluding hydrogens is 389 g/mol. The van der Waals surface area contributed by atoms with Gasteiger partial charge in [0.15, 0.2) is 11.0 Å². The van der Waals surface area contributed by atoms with Crippen LogP contribution in [0.15, 0.2) is 33.7 Å². The van der Waals surface area contributed by atoms with Gasteiger partial charge in [0.1, 0.15) is 10.4 Å². The Hall–Kier alpha value is -2.09. The second-order valence-electron chi connectivity index (χ2n) is 6.37. The monoisotopic (exact) mass is 405 g/mol. The van der Waals surface area contributed by atoms with Gasteiger partial charge in [0, 0.05) is 5.56 Å². The molecule has 1 aliphatic rings. The van der Waals surface area contributed by atoms with Crippen LogP contribution >= 0.6 is 15.9 Å².